The first-order chi connectivity index (χ1) is 38.4. The number of amides is 2. The second kappa shape index (κ2) is 47.5. The molecule has 1 fully saturated rings. The fourth-order valence-electron chi connectivity index (χ4n) is 6.54. The maximum Gasteiger partial charge on any atom is 0.333 e. The molecule has 0 aromatic rings. The summed E-state index contributed by atoms with van der Waals surface area (Å²) in [6, 6.07) is 3.14. The van der Waals surface area contributed by atoms with Crippen LogP contribution in [0.4, 0.5) is 0 Å². The van der Waals surface area contributed by atoms with Crippen LogP contribution in [0.3, 0.4) is 0 Å². The Kier molecular flexibility index (Phi) is 49.8. The summed E-state index contributed by atoms with van der Waals surface area (Å²) >= 11 is 0. The number of likely N-dealkylation sites (N-methyl/N-ethyl adjacent to an activating group) is 1. The van der Waals surface area contributed by atoms with Gasteiger partial charge in [0.1, 0.15) is 32.5 Å². The maximum atomic E-state index is 11.3. The van der Waals surface area contributed by atoms with E-state index >= 15 is 0 Å². The molecular weight excluding hydrogens is 1170 g/mol. The number of hydrogen-bond donors (Lipinski definition) is 2. The van der Waals surface area contributed by atoms with Gasteiger partial charge in [0.15, 0.2) is 33.3 Å². The lowest BCUT2D eigenvalue weighted by molar-refractivity contribution is -0.147. The smallest absolute Gasteiger partial charge is 0.333 e. The van der Waals surface area contributed by atoms with Crippen LogP contribution >= 0.6 is 0 Å². The summed E-state index contributed by atoms with van der Waals surface area (Å²) in [5.74, 6) is -2.07. The van der Waals surface area contributed by atoms with E-state index in [4.69, 9.17) is 31.7 Å². The molecule has 0 unspecified atom stereocenters. The first kappa shape index (κ1) is 88.1. The molecular formula is C59H112N2O18Si5. The standard InChI is InChI=1S/C17H38O6Si3.C15H32O3Si2.C10H14O4.C6H9NO.C6H10O3.C5H9NO/c1-15(2)17(19)21-14-16(18)13-20-11-10-12-26(9,22-24(3,4)5)23-25(6,7)8;1-8-9-12-19(4,5)18-20(6,7)13-10-11-17-15(16)14(2)3;1-7(2)9(11)13-5-6-14-10(12)8(3)4;1-2-7-5-3-4-6(7)8;1-5(2)6(8)9-4-3-7;1-4-5(7)6(2)3/h16,18H,1,10-14H2,2-9H3;2,8-13H2,1,3-7H3;1,3,5-6H2,2,4H3;2H,1,3-5H2;7H,1,3-4H2,2H3;4H,1H2,2-3H3/t16-;;;;;/m1...../s1. The molecule has 1 heterocycles. The number of rotatable bonds is 33. The topological polar surface area (TPSA) is 249 Å². The van der Waals surface area contributed by atoms with Gasteiger partial charge >= 0.3 is 38.4 Å². The average molecular weight is 1280 g/mol. The molecule has 0 aromatic heterocycles. The number of unbranched alkanes of at least 4 members (excludes halogenated alkanes) is 1. The van der Waals surface area contributed by atoms with Crippen LogP contribution in [0.1, 0.15) is 80.1 Å². The SMILES string of the molecule is C=C(C)C(=O)OCCC[Si](C)(C)O[Si](C)(C)CCCC.C=C(C)C(=O)OCCO.C=C(C)C(=O)OCCOC(=O)C(=C)C.C=C(C)C(=O)OC[C@H](O)COCCC[Si](C)(O[Si](C)(C)C)O[Si](C)(C)C.C=CC(=O)N(C)C.C=CN1CCCC1=O. The second-order valence-corrected chi connectivity index (χ2v) is 45.0. The predicted molar refractivity (Wildman–Crippen MR) is 348 cm³/mol. The van der Waals surface area contributed by atoms with Crippen molar-refractivity contribution in [2.75, 3.05) is 73.5 Å². The number of aliphatic hydroxyl groups is 2. The van der Waals surface area contributed by atoms with Crippen LogP contribution in [-0.2, 0) is 74.3 Å². The largest absolute Gasteiger partial charge is 0.462 e. The number of carbonyl (C=O) groups is 7. The number of likely N-dealkylation sites (tertiary alicyclic amines) is 1. The molecule has 1 aliphatic heterocycles. The molecule has 0 radical (unpaired) electrons. The Hall–Kier alpha value is -4.69. The van der Waals surface area contributed by atoms with Crippen molar-refractivity contribution in [1.82, 2.24) is 9.80 Å². The van der Waals surface area contributed by atoms with E-state index in [1.807, 2.05) is 0 Å². The van der Waals surface area contributed by atoms with Gasteiger partial charge in [-0.25, -0.2) is 24.0 Å². The molecule has 1 aliphatic rings. The van der Waals surface area contributed by atoms with Crippen LogP contribution in [0, 0.1) is 0 Å². The van der Waals surface area contributed by atoms with Crippen molar-refractivity contribution in [3.63, 3.8) is 0 Å². The van der Waals surface area contributed by atoms with Crippen LogP contribution in [0.5, 0.6) is 0 Å². The van der Waals surface area contributed by atoms with Gasteiger partial charge in [-0.2, -0.15) is 0 Å². The minimum absolute atomic E-state index is 0.0325. The molecule has 486 valence electrons. The monoisotopic (exact) mass is 1280 g/mol. The Morgan fingerprint density at radius 2 is 0.952 bits per heavy atom. The molecule has 0 aromatic carbocycles. The van der Waals surface area contributed by atoms with Gasteiger partial charge in [-0.05, 0) is 156 Å². The minimum Gasteiger partial charge on any atom is -0.462 e. The first-order valence-electron chi connectivity index (χ1n) is 28.2. The highest BCUT2D eigenvalue weighted by molar-refractivity contribution is 6.87. The third-order valence-corrected chi connectivity index (χ3v) is 27.2. The van der Waals surface area contributed by atoms with E-state index in [9.17, 15) is 38.7 Å². The van der Waals surface area contributed by atoms with Crippen molar-refractivity contribution in [3.8, 4) is 0 Å². The summed E-state index contributed by atoms with van der Waals surface area (Å²) in [6.45, 7) is 60.4. The second-order valence-electron chi connectivity index (χ2n) is 23.3. The number of hydrogen-bond acceptors (Lipinski definition) is 18. The van der Waals surface area contributed by atoms with E-state index in [1.54, 1.807) is 59.8 Å². The highest BCUT2D eigenvalue weighted by Crippen LogP contribution is 2.26. The van der Waals surface area contributed by atoms with E-state index < -0.39 is 71.8 Å². The number of ether oxygens (including phenoxy) is 6. The van der Waals surface area contributed by atoms with Crippen molar-refractivity contribution < 1.29 is 84.5 Å². The van der Waals surface area contributed by atoms with Crippen LogP contribution in [0.25, 0.3) is 0 Å². The third-order valence-electron chi connectivity index (χ3n) is 10.1. The average Bonchev–Trinajstić information content (AvgIpc) is 3.84. The summed E-state index contributed by atoms with van der Waals surface area (Å²) in [6.07, 6.45) is 7.93. The van der Waals surface area contributed by atoms with Crippen molar-refractivity contribution in [2.45, 2.75) is 176 Å². The van der Waals surface area contributed by atoms with Gasteiger partial charge < -0.3 is 60.8 Å². The molecule has 2 N–H and O–H groups in total. The molecule has 0 aliphatic carbocycles. The normalized spacial score (nSPS) is 12.2. The van der Waals surface area contributed by atoms with Gasteiger partial charge in [-0.1, -0.05) is 65.8 Å². The lowest BCUT2D eigenvalue weighted by Gasteiger charge is -2.38. The molecule has 0 saturated carbocycles. The molecule has 0 spiro atoms. The van der Waals surface area contributed by atoms with Crippen molar-refractivity contribution >= 4 is 83.5 Å². The Balaban J connectivity index is -0.000000317. The van der Waals surface area contributed by atoms with Crippen LogP contribution in [0.15, 0.2) is 86.2 Å². The van der Waals surface area contributed by atoms with E-state index in [2.05, 4.69) is 139 Å². The molecule has 2 amide bonds. The Morgan fingerprint density at radius 1 is 0.571 bits per heavy atom. The molecule has 0 bridgehead atoms. The van der Waals surface area contributed by atoms with Gasteiger partial charge in [-0.15, -0.1) is 0 Å². The summed E-state index contributed by atoms with van der Waals surface area (Å²) in [5, 5.41) is 18.0. The van der Waals surface area contributed by atoms with Gasteiger partial charge in [-0.3, -0.25) is 9.59 Å². The molecule has 20 nitrogen and oxygen atoms in total. The molecule has 1 atom stereocenters. The summed E-state index contributed by atoms with van der Waals surface area (Å²) in [5.41, 5.74) is 1.76. The van der Waals surface area contributed by atoms with E-state index in [-0.39, 0.29) is 57.4 Å². The number of nitrogens with zero attached hydrogens (tertiary/aromatic N) is 2. The third kappa shape index (κ3) is 56.4. The van der Waals surface area contributed by atoms with E-state index in [0.29, 0.717) is 47.5 Å². The zero-order valence-electron chi connectivity index (χ0n) is 55.2. The fraction of sp³-hybridized carbons (Fsp3) is 0.644. The van der Waals surface area contributed by atoms with Crippen molar-refractivity contribution in [1.29, 1.82) is 0 Å². The number of aliphatic hydroxyl groups excluding tert-OH is 2. The van der Waals surface area contributed by atoms with Crippen molar-refractivity contribution in [2.24, 2.45) is 0 Å². The molecule has 25 heteroatoms. The summed E-state index contributed by atoms with van der Waals surface area (Å²) in [7, 11) is -5.40. The Labute approximate surface area is 511 Å². The van der Waals surface area contributed by atoms with Gasteiger partial charge in [0.2, 0.25) is 11.8 Å². The zero-order chi connectivity index (χ0) is 66.7. The van der Waals surface area contributed by atoms with Crippen LogP contribution in [0.2, 0.25) is 90.1 Å². The highest BCUT2D eigenvalue weighted by Gasteiger charge is 2.40. The van der Waals surface area contributed by atoms with Gasteiger partial charge in [0.05, 0.1) is 19.8 Å². The molecule has 1 rings (SSSR count). The Morgan fingerprint density at radius 3 is 1.26 bits per heavy atom. The molecule has 84 heavy (non-hydrogen) atoms. The van der Waals surface area contributed by atoms with E-state index in [1.165, 1.54) is 29.9 Å². The van der Waals surface area contributed by atoms with Gasteiger partial charge in [0, 0.05) is 61.5 Å². The number of esters is 5. The van der Waals surface area contributed by atoms with Crippen LogP contribution in [-0.4, -0.2) is 183 Å². The predicted octanol–water partition coefficient (Wildman–Crippen LogP) is 10.7. The fourth-order valence-corrected chi connectivity index (χ4v) is 28.0. The van der Waals surface area contributed by atoms with Crippen molar-refractivity contribution in [3.05, 3.63) is 86.2 Å². The lowest BCUT2D eigenvalue weighted by atomic mass is 10.3. The number of carbonyl (C=O) groups excluding carboxylic acids is 7. The van der Waals surface area contributed by atoms with Crippen LogP contribution < -0.4 is 0 Å². The minimum atomic E-state index is -2.24. The lowest BCUT2D eigenvalue weighted by Crippen LogP contribution is -2.52. The summed E-state index contributed by atoms with van der Waals surface area (Å²) in [4.78, 5) is 78.8. The first-order valence-corrected chi connectivity index (χ1v) is 43.8. The van der Waals surface area contributed by atoms with Gasteiger partial charge in [0.25, 0.3) is 0 Å². The molecule has 1 saturated heterocycles. The summed E-state index contributed by atoms with van der Waals surface area (Å²) < 4.78 is 48.8. The quantitative estimate of drug-likeness (QED) is 0.0204. The maximum absolute atomic E-state index is 11.3. The highest BCUT2D eigenvalue weighted by atomic mass is 28.5. The zero-order valence-corrected chi connectivity index (χ0v) is 60.2. The van der Waals surface area contributed by atoms with E-state index in [0.717, 1.165) is 37.9 Å². The Bertz CT molecular complexity index is 2040.